The third kappa shape index (κ3) is 8.16. The summed E-state index contributed by atoms with van der Waals surface area (Å²) < 4.78 is 25.5. The van der Waals surface area contributed by atoms with Crippen LogP contribution in [0.2, 0.25) is 0 Å². The van der Waals surface area contributed by atoms with E-state index in [1.165, 1.54) is 16.8 Å². The van der Waals surface area contributed by atoms with Crippen molar-refractivity contribution < 1.29 is 8.42 Å². The first-order valence-corrected chi connectivity index (χ1v) is 10.9. The Labute approximate surface area is 182 Å². The standard InChI is InChI=1S/C18H26N4O2S2.HI/c1-4-16-9-10-17(25-16)12-22-18(19-2)21-11-14-5-7-15(8-6-14)13-26(23,24)20-3;/h5-10,20H,4,11-13H2,1-3H3,(H2,19,21,22);1H. The predicted octanol–water partition coefficient (Wildman–Crippen LogP) is 2.84. The maximum Gasteiger partial charge on any atom is 0.215 e. The van der Waals surface area contributed by atoms with Gasteiger partial charge >= 0.3 is 0 Å². The number of hydrogen-bond acceptors (Lipinski definition) is 4. The van der Waals surface area contributed by atoms with Gasteiger partial charge in [0.2, 0.25) is 10.0 Å². The van der Waals surface area contributed by atoms with Crippen LogP contribution in [0.4, 0.5) is 0 Å². The van der Waals surface area contributed by atoms with E-state index in [9.17, 15) is 8.42 Å². The van der Waals surface area contributed by atoms with Gasteiger partial charge in [-0.15, -0.1) is 35.3 Å². The van der Waals surface area contributed by atoms with Gasteiger partial charge in [0.25, 0.3) is 0 Å². The lowest BCUT2D eigenvalue weighted by Crippen LogP contribution is -2.36. The summed E-state index contributed by atoms with van der Waals surface area (Å²) in [4.78, 5) is 6.89. The molecule has 1 aromatic carbocycles. The van der Waals surface area contributed by atoms with E-state index in [-0.39, 0.29) is 29.7 Å². The summed E-state index contributed by atoms with van der Waals surface area (Å²) in [5.74, 6) is 0.722. The molecule has 0 aliphatic carbocycles. The molecule has 1 heterocycles. The molecule has 0 unspecified atom stereocenters. The van der Waals surface area contributed by atoms with Crippen LogP contribution in [-0.2, 0) is 35.3 Å². The molecule has 0 saturated heterocycles. The van der Waals surface area contributed by atoms with Gasteiger partial charge in [0.1, 0.15) is 0 Å². The van der Waals surface area contributed by atoms with E-state index >= 15 is 0 Å². The van der Waals surface area contributed by atoms with Crippen LogP contribution in [0.5, 0.6) is 0 Å². The predicted molar refractivity (Wildman–Crippen MR) is 124 cm³/mol. The van der Waals surface area contributed by atoms with Gasteiger partial charge in [-0.2, -0.15) is 0 Å². The first kappa shape index (κ1) is 23.9. The molecule has 0 radical (unpaired) electrons. The van der Waals surface area contributed by atoms with Crippen LogP contribution in [-0.4, -0.2) is 28.5 Å². The summed E-state index contributed by atoms with van der Waals surface area (Å²) in [5.41, 5.74) is 1.82. The lowest BCUT2D eigenvalue weighted by atomic mass is 10.1. The molecule has 2 rings (SSSR count). The van der Waals surface area contributed by atoms with Crippen molar-refractivity contribution in [1.82, 2.24) is 15.4 Å². The highest BCUT2D eigenvalue weighted by Gasteiger charge is 2.08. The average molecular weight is 522 g/mol. The normalized spacial score (nSPS) is 11.7. The minimum atomic E-state index is -3.24. The number of aryl methyl sites for hydroxylation is 1. The lowest BCUT2D eigenvalue weighted by Gasteiger charge is -2.11. The highest BCUT2D eigenvalue weighted by molar-refractivity contribution is 14.0. The van der Waals surface area contributed by atoms with Crippen LogP contribution >= 0.6 is 35.3 Å². The quantitative estimate of drug-likeness (QED) is 0.283. The summed E-state index contributed by atoms with van der Waals surface area (Å²) in [7, 11) is -0.0778. The van der Waals surface area contributed by atoms with E-state index in [1.807, 2.05) is 35.6 Å². The fourth-order valence-corrected chi connectivity index (χ4v) is 4.00. The molecule has 27 heavy (non-hydrogen) atoms. The molecule has 1 aromatic heterocycles. The van der Waals surface area contributed by atoms with Gasteiger partial charge in [0, 0.05) is 23.3 Å². The molecule has 0 aliphatic rings. The van der Waals surface area contributed by atoms with Crippen LogP contribution < -0.4 is 15.4 Å². The molecule has 0 saturated carbocycles. The molecule has 2 aromatic rings. The lowest BCUT2D eigenvalue weighted by molar-refractivity contribution is 0.587. The Bertz CT molecular complexity index is 833. The number of aliphatic imine (C=N–C) groups is 1. The van der Waals surface area contributed by atoms with E-state index in [1.54, 1.807) is 7.05 Å². The second-order valence-electron chi connectivity index (χ2n) is 5.78. The van der Waals surface area contributed by atoms with Crippen LogP contribution in [0.15, 0.2) is 41.4 Å². The van der Waals surface area contributed by atoms with Crippen LogP contribution in [0.1, 0.15) is 27.8 Å². The number of nitrogens with zero attached hydrogens (tertiary/aromatic N) is 1. The number of benzene rings is 1. The van der Waals surface area contributed by atoms with Gasteiger partial charge in [-0.3, -0.25) is 4.99 Å². The molecular weight excluding hydrogens is 495 g/mol. The van der Waals surface area contributed by atoms with Crippen molar-refractivity contribution in [3.05, 3.63) is 57.3 Å². The van der Waals surface area contributed by atoms with Crippen molar-refractivity contribution in [2.24, 2.45) is 4.99 Å². The average Bonchev–Trinajstić information content (AvgIpc) is 3.11. The Kier molecular flexibility index (Phi) is 10.3. The third-order valence-electron chi connectivity index (χ3n) is 3.87. The minimum absolute atomic E-state index is 0. The summed E-state index contributed by atoms with van der Waals surface area (Å²) in [6.07, 6.45) is 1.06. The Balaban J connectivity index is 0.00000364. The Morgan fingerprint density at radius 2 is 1.59 bits per heavy atom. The fourth-order valence-electron chi connectivity index (χ4n) is 2.33. The largest absolute Gasteiger partial charge is 0.352 e. The number of thiophene rings is 1. The van der Waals surface area contributed by atoms with Gasteiger partial charge < -0.3 is 10.6 Å². The second-order valence-corrected chi connectivity index (χ2v) is 8.96. The third-order valence-corrected chi connectivity index (χ3v) is 6.43. The van der Waals surface area contributed by atoms with E-state index in [0.29, 0.717) is 6.54 Å². The SMILES string of the molecule is CCc1ccc(CNC(=NC)NCc2ccc(CS(=O)(=O)NC)cc2)s1.I. The minimum Gasteiger partial charge on any atom is -0.352 e. The molecule has 9 heteroatoms. The zero-order chi connectivity index (χ0) is 19.0. The topological polar surface area (TPSA) is 82.6 Å². The molecule has 0 fully saturated rings. The zero-order valence-corrected chi connectivity index (χ0v) is 19.7. The molecule has 0 aliphatic heterocycles. The number of rotatable bonds is 8. The zero-order valence-electron chi connectivity index (χ0n) is 15.8. The van der Waals surface area contributed by atoms with Crippen LogP contribution in [0.25, 0.3) is 0 Å². The van der Waals surface area contributed by atoms with Crippen LogP contribution in [0, 0.1) is 0 Å². The molecule has 0 amide bonds. The Morgan fingerprint density at radius 3 is 2.15 bits per heavy atom. The number of halogens is 1. The summed E-state index contributed by atoms with van der Waals surface area (Å²) in [5, 5.41) is 6.57. The highest BCUT2D eigenvalue weighted by atomic mass is 127. The van der Waals surface area contributed by atoms with Crippen molar-refractivity contribution in [2.45, 2.75) is 32.2 Å². The summed E-state index contributed by atoms with van der Waals surface area (Å²) in [6, 6.07) is 11.8. The molecule has 150 valence electrons. The summed E-state index contributed by atoms with van der Waals surface area (Å²) in [6.45, 7) is 3.51. The first-order valence-electron chi connectivity index (χ1n) is 8.47. The Hall–Kier alpha value is -1.17. The first-order chi connectivity index (χ1) is 12.5. The molecule has 6 nitrogen and oxygen atoms in total. The highest BCUT2D eigenvalue weighted by Crippen LogP contribution is 2.16. The molecular formula is C18H27IN4O2S2. The van der Waals surface area contributed by atoms with E-state index < -0.39 is 10.0 Å². The van der Waals surface area contributed by atoms with E-state index in [2.05, 4.69) is 39.4 Å². The van der Waals surface area contributed by atoms with E-state index in [0.717, 1.165) is 30.1 Å². The molecule has 3 N–H and O–H groups in total. The number of nitrogens with one attached hydrogen (secondary N) is 3. The van der Waals surface area contributed by atoms with Crippen molar-refractivity contribution in [3.63, 3.8) is 0 Å². The maximum absolute atomic E-state index is 11.6. The Morgan fingerprint density at radius 1 is 1.00 bits per heavy atom. The van der Waals surface area contributed by atoms with Crippen molar-refractivity contribution >= 4 is 51.3 Å². The van der Waals surface area contributed by atoms with Gasteiger partial charge in [-0.25, -0.2) is 13.1 Å². The van der Waals surface area contributed by atoms with Crippen LogP contribution in [0.3, 0.4) is 0 Å². The summed E-state index contributed by atoms with van der Waals surface area (Å²) >= 11 is 1.81. The van der Waals surface area contributed by atoms with Crippen molar-refractivity contribution in [2.75, 3.05) is 14.1 Å². The fraction of sp³-hybridized carbons (Fsp3) is 0.389. The van der Waals surface area contributed by atoms with Gasteiger partial charge in [0.05, 0.1) is 12.3 Å². The molecule has 0 bridgehead atoms. The van der Waals surface area contributed by atoms with E-state index in [4.69, 9.17) is 0 Å². The number of hydrogen-bond donors (Lipinski definition) is 3. The van der Waals surface area contributed by atoms with Gasteiger partial charge in [-0.1, -0.05) is 31.2 Å². The molecule has 0 spiro atoms. The maximum atomic E-state index is 11.6. The second kappa shape index (κ2) is 11.6. The van der Waals surface area contributed by atoms with Gasteiger partial charge in [0.15, 0.2) is 5.96 Å². The van der Waals surface area contributed by atoms with Crippen molar-refractivity contribution in [1.29, 1.82) is 0 Å². The monoisotopic (exact) mass is 522 g/mol. The van der Waals surface area contributed by atoms with Gasteiger partial charge in [-0.05, 0) is 36.7 Å². The number of sulfonamides is 1. The molecule has 0 atom stereocenters. The van der Waals surface area contributed by atoms with Crippen molar-refractivity contribution in [3.8, 4) is 0 Å². The smallest absolute Gasteiger partial charge is 0.215 e. The number of guanidine groups is 1.